The van der Waals surface area contributed by atoms with Gasteiger partial charge in [-0.3, -0.25) is 19.3 Å². The largest absolute Gasteiger partial charge is 0.490 e. The molecular formula is C22H18ClNO8S. The quantitative estimate of drug-likeness (QED) is 0.497. The highest BCUT2D eigenvalue weighted by Gasteiger charge is 2.36. The fourth-order valence-electron chi connectivity index (χ4n) is 2.95. The van der Waals surface area contributed by atoms with Crippen molar-refractivity contribution in [3.8, 4) is 11.5 Å². The van der Waals surface area contributed by atoms with Gasteiger partial charge in [-0.15, -0.1) is 0 Å². The lowest BCUT2D eigenvalue weighted by atomic mass is 10.1. The van der Waals surface area contributed by atoms with Crippen LogP contribution >= 0.6 is 23.4 Å². The van der Waals surface area contributed by atoms with Crippen molar-refractivity contribution in [2.45, 2.75) is 13.5 Å². The van der Waals surface area contributed by atoms with Gasteiger partial charge < -0.3 is 19.7 Å². The molecule has 172 valence electrons. The van der Waals surface area contributed by atoms with Gasteiger partial charge in [-0.25, -0.2) is 4.79 Å². The Morgan fingerprint density at radius 2 is 1.91 bits per heavy atom. The van der Waals surface area contributed by atoms with Crippen LogP contribution in [0.1, 0.15) is 28.4 Å². The zero-order valence-corrected chi connectivity index (χ0v) is 18.8. The molecule has 3 rings (SSSR count). The number of carbonyl (C=O) groups is 4. The van der Waals surface area contributed by atoms with E-state index < -0.39 is 29.6 Å². The Balaban J connectivity index is 1.85. The third-order valence-electron chi connectivity index (χ3n) is 4.35. The summed E-state index contributed by atoms with van der Waals surface area (Å²) < 4.78 is 11.4. The van der Waals surface area contributed by atoms with Crippen LogP contribution in [0.25, 0.3) is 6.08 Å². The number of aliphatic carboxylic acids is 1. The predicted molar refractivity (Wildman–Crippen MR) is 121 cm³/mol. The summed E-state index contributed by atoms with van der Waals surface area (Å²) in [5, 5.41) is 17.5. The number of amides is 2. The highest BCUT2D eigenvalue weighted by atomic mass is 35.5. The average Bonchev–Trinajstić information content (AvgIpc) is 3.00. The van der Waals surface area contributed by atoms with E-state index in [4.69, 9.17) is 31.3 Å². The molecule has 0 atom stereocenters. The number of thioether (sulfide) groups is 1. The number of benzene rings is 2. The number of aromatic carboxylic acids is 1. The standard InChI is InChI=1S/C22H18ClNO8S/c1-2-31-16-8-13(9-17-20(27)24(10-18(25)26)22(30)33-17)7-15(23)19(16)32-11-12-4-3-5-14(6-12)21(28)29/h3-9H,2,10-11H2,1H3,(H,25,26)(H,28,29)/b17-9+. The van der Waals surface area contributed by atoms with Crippen molar-refractivity contribution in [2.75, 3.05) is 13.2 Å². The summed E-state index contributed by atoms with van der Waals surface area (Å²) >= 11 is 7.02. The Hall–Kier alpha value is -3.50. The first-order valence-electron chi connectivity index (χ1n) is 9.58. The average molecular weight is 492 g/mol. The van der Waals surface area contributed by atoms with Gasteiger partial charge in [0.25, 0.3) is 11.1 Å². The molecule has 1 aliphatic rings. The van der Waals surface area contributed by atoms with E-state index in [-0.39, 0.29) is 33.6 Å². The molecule has 1 saturated heterocycles. The summed E-state index contributed by atoms with van der Waals surface area (Å²) in [7, 11) is 0. The second-order valence-electron chi connectivity index (χ2n) is 6.72. The Morgan fingerprint density at radius 1 is 1.15 bits per heavy atom. The van der Waals surface area contributed by atoms with Crippen LogP contribution in [0.3, 0.4) is 0 Å². The molecule has 0 radical (unpaired) electrons. The minimum atomic E-state index is -1.30. The van der Waals surface area contributed by atoms with Crippen LogP contribution in [-0.2, 0) is 16.2 Å². The zero-order valence-electron chi connectivity index (χ0n) is 17.2. The van der Waals surface area contributed by atoms with Gasteiger partial charge in [0, 0.05) is 0 Å². The van der Waals surface area contributed by atoms with E-state index in [1.807, 2.05) is 0 Å². The van der Waals surface area contributed by atoms with Crippen LogP contribution in [0.4, 0.5) is 4.79 Å². The molecule has 11 heteroatoms. The van der Waals surface area contributed by atoms with Gasteiger partial charge in [-0.1, -0.05) is 23.7 Å². The number of hydrogen-bond donors (Lipinski definition) is 2. The summed E-state index contributed by atoms with van der Waals surface area (Å²) in [4.78, 5) is 47.1. The summed E-state index contributed by atoms with van der Waals surface area (Å²) in [6, 6.07) is 9.35. The first kappa shape index (κ1) is 24.1. The van der Waals surface area contributed by atoms with Crippen LogP contribution in [0, 0.1) is 0 Å². The fraction of sp³-hybridized carbons (Fsp3) is 0.182. The number of hydrogen-bond acceptors (Lipinski definition) is 7. The third kappa shape index (κ3) is 5.85. The van der Waals surface area contributed by atoms with E-state index in [2.05, 4.69) is 0 Å². The molecule has 0 aliphatic carbocycles. The van der Waals surface area contributed by atoms with Crippen LogP contribution < -0.4 is 9.47 Å². The summed E-state index contributed by atoms with van der Waals surface area (Å²) in [6.45, 7) is 1.37. The number of imide groups is 1. The number of carboxylic acids is 2. The molecule has 9 nitrogen and oxygen atoms in total. The lowest BCUT2D eigenvalue weighted by molar-refractivity contribution is -0.140. The van der Waals surface area contributed by atoms with Crippen molar-refractivity contribution in [1.29, 1.82) is 0 Å². The molecular weight excluding hydrogens is 474 g/mol. The minimum absolute atomic E-state index is 0.0360. The van der Waals surface area contributed by atoms with E-state index in [1.54, 1.807) is 25.1 Å². The Labute approximate surface area is 197 Å². The SMILES string of the molecule is CCOc1cc(/C=C2/SC(=O)N(CC(=O)O)C2=O)cc(Cl)c1OCc1cccc(C(=O)O)c1. The van der Waals surface area contributed by atoms with Gasteiger partial charge >= 0.3 is 11.9 Å². The fourth-order valence-corrected chi connectivity index (χ4v) is 4.06. The molecule has 33 heavy (non-hydrogen) atoms. The normalized spacial score (nSPS) is 14.6. The summed E-state index contributed by atoms with van der Waals surface area (Å²) in [6.07, 6.45) is 1.42. The van der Waals surface area contributed by atoms with Crippen molar-refractivity contribution in [3.05, 3.63) is 63.0 Å². The molecule has 2 N–H and O–H groups in total. The van der Waals surface area contributed by atoms with Gasteiger partial charge in [0.05, 0.1) is 22.1 Å². The predicted octanol–water partition coefficient (Wildman–Crippen LogP) is 4.14. The molecule has 1 fully saturated rings. The van der Waals surface area contributed by atoms with Gasteiger partial charge in [0.15, 0.2) is 11.5 Å². The highest BCUT2D eigenvalue weighted by Crippen LogP contribution is 2.39. The topological polar surface area (TPSA) is 130 Å². The second kappa shape index (κ2) is 10.4. The van der Waals surface area contributed by atoms with E-state index in [1.165, 1.54) is 24.3 Å². The van der Waals surface area contributed by atoms with Crippen LogP contribution in [0.15, 0.2) is 41.3 Å². The van der Waals surface area contributed by atoms with Crippen molar-refractivity contribution >= 4 is 52.5 Å². The van der Waals surface area contributed by atoms with Crippen LogP contribution in [-0.4, -0.2) is 51.3 Å². The number of rotatable bonds is 9. The van der Waals surface area contributed by atoms with Crippen LogP contribution in [0.5, 0.6) is 11.5 Å². The molecule has 1 heterocycles. The van der Waals surface area contributed by atoms with Crippen LogP contribution in [0.2, 0.25) is 5.02 Å². The van der Waals surface area contributed by atoms with E-state index >= 15 is 0 Å². The molecule has 0 aromatic heterocycles. The maximum atomic E-state index is 12.4. The molecule has 1 aliphatic heterocycles. The molecule has 2 aromatic rings. The molecule has 0 unspecified atom stereocenters. The van der Waals surface area contributed by atoms with E-state index in [0.717, 1.165) is 0 Å². The summed E-state index contributed by atoms with van der Waals surface area (Å²) in [5.74, 6) is -2.54. The lowest BCUT2D eigenvalue weighted by Gasteiger charge is -2.15. The Morgan fingerprint density at radius 3 is 2.58 bits per heavy atom. The Bertz CT molecular complexity index is 1160. The number of halogens is 1. The summed E-state index contributed by atoms with van der Waals surface area (Å²) in [5.41, 5.74) is 1.19. The molecule has 2 amide bonds. The van der Waals surface area contributed by atoms with Gasteiger partial charge in [0.1, 0.15) is 13.2 Å². The highest BCUT2D eigenvalue weighted by molar-refractivity contribution is 8.18. The number of carbonyl (C=O) groups excluding carboxylic acids is 2. The number of ether oxygens (including phenoxy) is 2. The Kier molecular flexibility index (Phi) is 7.62. The molecule has 0 bridgehead atoms. The monoisotopic (exact) mass is 491 g/mol. The maximum absolute atomic E-state index is 12.4. The maximum Gasteiger partial charge on any atom is 0.335 e. The molecule has 0 saturated carbocycles. The first-order valence-corrected chi connectivity index (χ1v) is 10.8. The smallest absolute Gasteiger partial charge is 0.335 e. The zero-order chi connectivity index (χ0) is 24.1. The molecule has 2 aromatic carbocycles. The van der Waals surface area contributed by atoms with E-state index in [0.29, 0.717) is 34.4 Å². The van der Waals surface area contributed by atoms with Gasteiger partial charge in [-0.2, -0.15) is 0 Å². The third-order valence-corrected chi connectivity index (χ3v) is 5.54. The first-order chi connectivity index (χ1) is 15.7. The molecule has 0 spiro atoms. The van der Waals surface area contributed by atoms with Gasteiger partial charge in [-0.05, 0) is 60.2 Å². The van der Waals surface area contributed by atoms with Crippen molar-refractivity contribution in [1.82, 2.24) is 4.90 Å². The minimum Gasteiger partial charge on any atom is -0.490 e. The van der Waals surface area contributed by atoms with Crippen molar-refractivity contribution in [2.24, 2.45) is 0 Å². The van der Waals surface area contributed by atoms with E-state index in [9.17, 15) is 19.2 Å². The number of carboxylic acid groups (broad SMARTS) is 2. The van der Waals surface area contributed by atoms with Crippen molar-refractivity contribution < 1.29 is 38.9 Å². The van der Waals surface area contributed by atoms with Gasteiger partial charge in [0.2, 0.25) is 0 Å². The number of nitrogens with zero attached hydrogens (tertiary/aromatic N) is 1. The van der Waals surface area contributed by atoms with Crippen molar-refractivity contribution in [3.63, 3.8) is 0 Å². The lowest BCUT2D eigenvalue weighted by Crippen LogP contribution is -2.33. The second-order valence-corrected chi connectivity index (χ2v) is 8.12.